The van der Waals surface area contributed by atoms with Gasteiger partial charge in [0.05, 0.1) is 24.9 Å². The molecule has 0 amide bonds. The van der Waals surface area contributed by atoms with E-state index in [1.807, 2.05) is 12.1 Å². The average molecular weight is 419 g/mol. The minimum Gasteiger partial charge on any atom is -0.493 e. The van der Waals surface area contributed by atoms with E-state index in [-0.39, 0.29) is 0 Å². The van der Waals surface area contributed by atoms with Crippen LogP contribution >= 0.6 is 0 Å². The third kappa shape index (κ3) is 3.60. The van der Waals surface area contributed by atoms with Gasteiger partial charge in [0.1, 0.15) is 5.75 Å². The number of benzene rings is 2. The van der Waals surface area contributed by atoms with Crippen molar-refractivity contribution in [2.45, 2.75) is 43.9 Å². The first-order valence-corrected chi connectivity index (χ1v) is 9.81. The van der Waals surface area contributed by atoms with E-state index in [2.05, 4.69) is 15.5 Å². The molecule has 0 saturated heterocycles. The van der Waals surface area contributed by atoms with E-state index in [0.29, 0.717) is 34.5 Å². The van der Waals surface area contributed by atoms with Crippen LogP contribution < -0.4 is 10.1 Å². The SMILES string of the molecule is CC(C)(CC(O)(CNc1cccc2[nH]ncc12)C(F)(F)F)c1cccc2c1OCC2. The van der Waals surface area contributed by atoms with Crippen LogP contribution in [0, 0.1) is 0 Å². The summed E-state index contributed by atoms with van der Waals surface area (Å²) in [7, 11) is 0. The van der Waals surface area contributed by atoms with Gasteiger partial charge in [0, 0.05) is 23.1 Å². The number of hydrogen-bond donors (Lipinski definition) is 3. The number of rotatable bonds is 6. The summed E-state index contributed by atoms with van der Waals surface area (Å²) in [4.78, 5) is 0. The predicted octanol–water partition coefficient (Wildman–Crippen LogP) is 4.57. The quantitative estimate of drug-likeness (QED) is 0.547. The van der Waals surface area contributed by atoms with Gasteiger partial charge >= 0.3 is 6.18 Å². The molecule has 1 aromatic heterocycles. The summed E-state index contributed by atoms with van der Waals surface area (Å²) in [6.45, 7) is 3.25. The van der Waals surface area contributed by atoms with Crippen molar-refractivity contribution < 1.29 is 23.0 Å². The second-order valence-electron chi connectivity index (χ2n) is 8.47. The summed E-state index contributed by atoms with van der Waals surface area (Å²) in [5.74, 6) is 0.642. The second kappa shape index (κ2) is 7.19. The number of hydrogen-bond acceptors (Lipinski definition) is 4. The van der Waals surface area contributed by atoms with Gasteiger partial charge in [-0.3, -0.25) is 5.10 Å². The molecule has 160 valence electrons. The molecule has 3 N–H and O–H groups in total. The fourth-order valence-corrected chi connectivity index (χ4v) is 4.20. The highest BCUT2D eigenvalue weighted by Crippen LogP contribution is 2.45. The van der Waals surface area contributed by atoms with Gasteiger partial charge in [-0.05, 0) is 29.5 Å². The van der Waals surface area contributed by atoms with E-state index in [0.717, 1.165) is 12.0 Å². The third-order valence-corrected chi connectivity index (χ3v) is 5.76. The number of halogens is 3. The highest BCUT2D eigenvalue weighted by Gasteiger charge is 2.56. The zero-order valence-electron chi connectivity index (χ0n) is 16.8. The highest BCUT2D eigenvalue weighted by molar-refractivity contribution is 5.90. The molecule has 0 spiro atoms. The van der Waals surface area contributed by atoms with Gasteiger partial charge in [0.15, 0.2) is 5.60 Å². The van der Waals surface area contributed by atoms with E-state index in [1.54, 1.807) is 44.3 Å². The summed E-state index contributed by atoms with van der Waals surface area (Å²) in [5.41, 5.74) is -1.07. The molecule has 0 aliphatic carbocycles. The molecule has 30 heavy (non-hydrogen) atoms. The van der Waals surface area contributed by atoms with Crippen molar-refractivity contribution in [2.75, 3.05) is 18.5 Å². The summed E-state index contributed by atoms with van der Waals surface area (Å²) < 4.78 is 47.8. The fourth-order valence-electron chi connectivity index (χ4n) is 4.20. The molecule has 2 aromatic carbocycles. The first kappa shape index (κ1) is 20.5. The topological polar surface area (TPSA) is 70.2 Å². The molecule has 1 atom stereocenters. The molecule has 0 radical (unpaired) electrons. The van der Waals surface area contributed by atoms with Gasteiger partial charge in [-0.25, -0.2) is 0 Å². The molecule has 1 aliphatic heterocycles. The zero-order valence-corrected chi connectivity index (χ0v) is 16.8. The lowest BCUT2D eigenvalue weighted by Gasteiger charge is -2.38. The Hall–Kier alpha value is -2.74. The lowest BCUT2D eigenvalue weighted by Crippen LogP contribution is -2.53. The summed E-state index contributed by atoms with van der Waals surface area (Å²) >= 11 is 0. The molecule has 0 bridgehead atoms. The number of alkyl halides is 3. The lowest BCUT2D eigenvalue weighted by molar-refractivity contribution is -0.260. The first-order valence-electron chi connectivity index (χ1n) is 9.81. The number of fused-ring (bicyclic) bond motifs is 2. The molecule has 1 unspecified atom stereocenters. The number of aromatic amines is 1. The molecule has 4 rings (SSSR count). The third-order valence-electron chi connectivity index (χ3n) is 5.76. The van der Waals surface area contributed by atoms with Gasteiger partial charge in [0.2, 0.25) is 0 Å². The Bertz CT molecular complexity index is 1060. The van der Waals surface area contributed by atoms with E-state index >= 15 is 0 Å². The van der Waals surface area contributed by atoms with Gasteiger partial charge in [0.25, 0.3) is 0 Å². The number of H-pyrrole nitrogens is 1. The van der Waals surface area contributed by atoms with Crippen molar-refractivity contribution in [2.24, 2.45) is 0 Å². The summed E-state index contributed by atoms with van der Waals surface area (Å²) in [6, 6.07) is 10.7. The number of anilines is 1. The number of aromatic nitrogens is 2. The maximum absolute atomic E-state index is 14.0. The number of aliphatic hydroxyl groups is 1. The summed E-state index contributed by atoms with van der Waals surface area (Å²) in [5, 5.41) is 21.0. The van der Waals surface area contributed by atoms with Crippen molar-refractivity contribution in [1.29, 1.82) is 0 Å². The fraction of sp³-hybridized carbons (Fsp3) is 0.409. The largest absolute Gasteiger partial charge is 0.493 e. The van der Waals surface area contributed by atoms with Crippen LogP contribution in [0.5, 0.6) is 5.75 Å². The Morgan fingerprint density at radius 1 is 1.17 bits per heavy atom. The number of para-hydroxylation sites is 1. The number of nitrogens with one attached hydrogen (secondary N) is 2. The van der Waals surface area contributed by atoms with E-state index in [9.17, 15) is 18.3 Å². The molecular weight excluding hydrogens is 395 g/mol. The molecule has 0 fully saturated rings. The minimum atomic E-state index is -4.82. The number of ether oxygens (including phenoxy) is 1. The van der Waals surface area contributed by atoms with Crippen molar-refractivity contribution in [3.05, 3.63) is 53.7 Å². The molecule has 3 aromatic rings. The van der Waals surface area contributed by atoms with Crippen molar-refractivity contribution >= 4 is 16.6 Å². The Morgan fingerprint density at radius 2 is 1.93 bits per heavy atom. The van der Waals surface area contributed by atoms with Crippen molar-refractivity contribution in [3.63, 3.8) is 0 Å². The van der Waals surface area contributed by atoms with E-state index in [4.69, 9.17) is 4.74 Å². The second-order valence-corrected chi connectivity index (χ2v) is 8.47. The standard InChI is InChI=1S/C22H24F3N3O2/c1-20(2,16-6-3-5-14-9-10-30-19(14)16)12-21(29,22(23,24)25)13-26-17-7-4-8-18-15(17)11-27-28-18/h3-8,11,26,29H,9-10,12-13H2,1-2H3,(H,27,28). The molecular formula is C22H24F3N3O2. The van der Waals surface area contributed by atoms with Crippen LogP contribution in [0.15, 0.2) is 42.6 Å². The van der Waals surface area contributed by atoms with Crippen LogP contribution in [-0.2, 0) is 11.8 Å². The zero-order chi connectivity index (χ0) is 21.6. The van der Waals surface area contributed by atoms with Gasteiger partial charge in [-0.15, -0.1) is 0 Å². The van der Waals surface area contributed by atoms with Crippen LogP contribution in [-0.4, -0.2) is 40.2 Å². The highest BCUT2D eigenvalue weighted by atomic mass is 19.4. The summed E-state index contributed by atoms with van der Waals surface area (Å²) in [6.07, 6.45) is -3.06. The maximum Gasteiger partial charge on any atom is 0.418 e. The van der Waals surface area contributed by atoms with Gasteiger partial charge in [-0.1, -0.05) is 38.1 Å². The van der Waals surface area contributed by atoms with Crippen LogP contribution in [0.25, 0.3) is 10.9 Å². The van der Waals surface area contributed by atoms with Gasteiger partial charge in [-0.2, -0.15) is 18.3 Å². The smallest absolute Gasteiger partial charge is 0.418 e. The molecule has 8 heteroatoms. The minimum absolute atomic E-state index is 0.477. The molecule has 0 saturated carbocycles. The molecule has 2 heterocycles. The monoisotopic (exact) mass is 419 g/mol. The normalized spacial score (nSPS) is 16.2. The Kier molecular flexibility index (Phi) is 4.92. The van der Waals surface area contributed by atoms with Crippen molar-refractivity contribution in [3.8, 4) is 5.75 Å². The van der Waals surface area contributed by atoms with Crippen molar-refractivity contribution in [1.82, 2.24) is 10.2 Å². The van der Waals surface area contributed by atoms with E-state index < -0.39 is 30.2 Å². The first-order chi connectivity index (χ1) is 14.1. The number of nitrogens with zero attached hydrogens (tertiary/aromatic N) is 1. The molecule has 1 aliphatic rings. The molecule has 5 nitrogen and oxygen atoms in total. The van der Waals surface area contributed by atoms with Gasteiger partial charge < -0.3 is 15.2 Å². The predicted molar refractivity (Wildman–Crippen MR) is 109 cm³/mol. The maximum atomic E-state index is 14.0. The Balaban J connectivity index is 1.62. The Morgan fingerprint density at radius 3 is 2.70 bits per heavy atom. The average Bonchev–Trinajstić information content (AvgIpc) is 3.33. The van der Waals surface area contributed by atoms with Crippen LogP contribution in [0.2, 0.25) is 0 Å². The Labute approximate surface area is 172 Å². The van der Waals surface area contributed by atoms with Crippen LogP contribution in [0.1, 0.15) is 31.4 Å². The lowest BCUT2D eigenvalue weighted by atomic mass is 9.74. The van der Waals surface area contributed by atoms with Crippen LogP contribution in [0.4, 0.5) is 18.9 Å². The van der Waals surface area contributed by atoms with Crippen LogP contribution in [0.3, 0.4) is 0 Å². The van der Waals surface area contributed by atoms with E-state index in [1.165, 1.54) is 0 Å².